The highest BCUT2D eigenvalue weighted by molar-refractivity contribution is 9.10. The molecule has 1 saturated carbocycles. The smallest absolute Gasteiger partial charge is 0.223 e. The summed E-state index contributed by atoms with van der Waals surface area (Å²) in [6.45, 7) is 3.94. The minimum absolute atomic E-state index is 0.283. The third-order valence-corrected chi connectivity index (χ3v) is 9.21. The molecule has 2 aliphatic heterocycles. The van der Waals surface area contributed by atoms with Crippen molar-refractivity contribution in [1.82, 2.24) is 29.2 Å². The van der Waals surface area contributed by atoms with Gasteiger partial charge in [-0.25, -0.2) is 26.8 Å². The first-order chi connectivity index (χ1) is 16.7. The number of fused-ring (bicyclic) bond motifs is 2. The van der Waals surface area contributed by atoms with Crippen LogP contribution in [0, 0.1) is 23.6 Å². The Kier molecular flexibility index (Phi) is 5.82. The lowest BCUT2D eigenvalue weighted by Gasteiger charge is -2.21. The number of hydrogen-bond donors (Lipinski definition) is 0. The van der Waals surface area contributed by atoms with Gasteiger partial charge in [0, 0.05) is 44.8 Å². The van der Waals surface area contributed by atoms with Crippen LogP contribution in [0.15, 0.2) is 28.9 Å². The summed E-state index contributed by atoms with van der Waals surface area (Å²) in [5.41, 5.74) is 2.30. The second-order valence-corrected chi connectivity index (χ2v) is 12.7. The predicted molar refractivity (Wildman–Crippen MR) is 131 cm³/mol. The van der Waals surface area contributed by atoms with E-state index in [9.17, 15) is 12.8 Å². The minimum Gasteiger partial charge on any atom is -0.437 e. The SMILES string of the molecule is CS(=O)(=O)N1C[C@H]2CN(Cc3cc(F)cnc3Oc3ccc4c(nnn4CC4CC4)c3Br)C[C@H]2C1. The maximum atomic E-state index is 14.1. The number of hydrogen-bond acceptors (Lipinski definition) is 7. The molecule has 3 aromatic rings. The van der Waals surface area contributed by atoms with Gasteiger partial charge in [0.25, 0.3) is 0 Å². The van der Waals surface area contributed by atoms with E-state index in [1.54, 1.807) is 4.31 Å². The van der Waals surface area contributed by atoms with Gasteiger partial charge in [-0.2, -0.15) is 0 Å². The fourth-order valence-corrected chi connectivity index (χ4v) is 6.63. The Morgan fingerprint density at radius 1 is 1.17 bits per heavy atom. The van der Waals surface area contributed by atoms with Gasteiger partial charge < -0.3 is 4.74 Å². The Bertz CT molecular complexity index is 1380. The number of ether oxygens (including phenoxy) is 1. The Morgan fingerprint density at radius 2 is 1.91 bits per heavy atom. The summed E-state index contributed by atoms with van der Waals surface area (Å²) >= 11 is 3.61. The minimum atomic E-state index is -3.17. The Morgan fingerprint density at radius 3 is 2.60 bits per heavy atom. The van der Waals surface area contributed by atoms with Gasteiger partial charge in [0.05, 0.1) is 22.4 Å². The molecular formula is C23H26BrFN6O3S. The molecule has 12 heteroatoms. The molecule has 0 amide bonds. The second-order valence-electron chi connectivity index (χ2n) is 9.97. The van der Waals surface area contributed by atoms with Gasteiger partial charge in [-0.3, -0.25) is 4.90 Å². The van der Waals surface area contributed by atoms with E-state index in [2.05, 4.69) is 36.1 Å². The molecule has 0 radical (unpaired) electrons. The van der Waals surface area contributed by atoms with Gasteiger partial charge in [-0.15, -0.1) is 5.10 Å². The molecule has 0 spiro atoms. The summed E-state index contributed by atoms with van der Waals surface area (Å²) in [6.07, 6.45) is 4.88. The van der Waals surface area contributed by atoms with Crippen molar-refractivity contribution >= 4 is 37.0 Å². The van der Waals surface area contributed by atoms with Gasteiger partial charge >= 0.3 is 0 Å². The van der Waals surface area contributed by atoms with Crippen LogP contribution >= 0.6 is 15.9 Å². The lowest BCUT2D eigenvalue weighted by atomic mass is 10.0. The Balaban J connectivity index is 1.20. The molecule has 4 heterocycles. The molecule has 0 unspecified atom stereocenters. The molecule has 2 atom stereocenters. The molecule has 9 nitrogen and oxygen atoms in total. The van der Waals surface area contributed by atoms with Gasteiger partial charge in [0.2, 0.25) is 15.9 Å². The number of nitrogens with zero attached hydrogens (tertiary/aromatic N) is 6. The number of aromatic nitrogens is 4. The summed E-state index contributed by atoms with van der Waals surface area (Å²) in [7, 11) is -3.17. The van der Waals surface area contributed by atoms with Crippen LogP contribution < -0.4 is 4.74 Å². The highest BCUT2D eigenvalue weighted by Gasteiger charge is 2.42. The van der Waals surface area contributed by atoms with Crippen LogP contribution in [0.5, 0.6) is 11.6 Å². The van der Waals surface area contributed by atoms with Crippen molar-refractivity contribution in [3.05, 3.63) is 40.2 Å². The average Bonchev–Trinajstić information content (AvgIpc) is 3.18. The first-order valence-corrected chi connectivity index (χ1v) is 14.4. The first-order valence-electron chi connectivity index (χ1n) is 11.8. The summed E-state index contributed by atoms with van der Waals surface area (Å²) in [5, 5.41) is 8.63. The topological polar surface area (TPSA) is 93.5 Å². The lowest BCUT2D eigenvalue weighted by Crippen LogP contribution is -2.32. The van der Waals surface area contributed by atoms with Crippen LogP contribution in [0.4, 0.5) is 4.39 Å². The van der Waals surface area contributed by atoms with Gasteiger partial charge in [-0.05, 0) is 64.7 Å². The standard InChI is InChI=1S/C23H26BrFN6O3S/c1-35(32,33)30-12-16-10-29(11-17(16)13-30)9-15-6-18(25)7-26-23(15)34-20-5-4-19-22(21(20)24)27-28-31(19)8-14-2-3-14/h4-7,14,16-17H,2-3,8-13H2,1H3/t16-,17+. The number of halogens is 2. The number of pyridine rings is 1. The quantitative estimate of drug-likeness (QED) is 0.434. The molecule has 2 aromatic heterocycles. The van der Waals surface area contributed by atoms with E-state index in [1.165, 1.54) is 25.2 Å². The molecule has 1 aliphatic carbocycles. The summed E-state index contributed by atoms with van der Waals surface area (Å²) in [6, 6.07) is 5.25. The second kappa shape index (κ2) is 8.75. The number of benzene rings is 1. The highest BCUT2D eigenvalue weighted by atomic mass is 79.9. The summed E-state index contributed by atoms with van der Waals surface area (Å²) < 4.78 is 48.2. The van der Waals surface area contributed by atoms with Crippen molar-refractivity contribution in [3.63, 3.8) is 0 Å². The van der Waals surface area contributed by atoms with E-state index in [0.29, 0.717) is 47.2 Å². The van der Waals surface area contributed by atoms with Crippen LogP contribution in [-0.2, 0) is 23.1 Å². The van der Waals surface area contributed by atoms with Crippen LogP contribution in [0.2, 0.25) is 0 Å². The maximum absolute atomic E-state index is 14.1. The zero-order valence-electron chi connectivity index (χ0n) is 19.3. The molecule has 186 valence electrons. The van der Waals surface area contributed by atoms with Crippen LogP contribution in [0.1, 0.15) is 18.4 Å². The normalized spacial score (nSPS) is 23.3. The van der Waals surface area contributed by atoms with Crippen molar-refractivity contribution < 1.29 is 17.5 Å². The molecule has 2 saturated heterocycles. The van der Waals surface area contributed by atoms with Crippen LogP contribution in [0.3, 0.4) is 0 Å². The van der Waals surface area contributed by atoms with E-state index < -0.39 is 15.8 Å². The van der Waals surface area contributed by atoms with Crippen LogP contribution in [0.25, 0.3) is 11.0 Å². The predicted octanol–water partition coefficient (Wildman–Crippen LogP) is 3.25. The third-order valence-electron chi connectivity index (χ3n) is 7.21. The van der Waals surface area contributed by atoms with Crippen molar-refractivity contribution in [2.24, 2.45) is 17.8 Å². The first kappa shape index (κ1) is 23.3. The lowest BCUT2D eigenvalue weighted by molar-refractivity contribution is 0.285. The zero-order chi connectivity index (χ0) is 24.3. The molecule has 35 heavy (non-hydrogen) atoms. The molecule has 6 rings (SSSR count). The Hall–Kier alpha value is -2.15. The molecule has 1 aromatic carbocycles. The van der Waals surface area contributed by atoms with Crippen molar-refractivity contribution in [3.8, 4) is 11.6 Å². The van der Waals surface area contributed by atoms with E-state index in [0.717, 1.165) is 36.9 Å². The summed E-state index contributed by atoms with van der Waals surface area (Å²) in [4.78, 5) is 6.45. The number of rotatable bonds is 7. The highest BCUT2D eigenvalue weighted by Crippen LogP contribution is 2.38. The third kappa shape index (κ3) is 4.68. The molecule has 3 fully saturated rings. The van der Waals surface area contributed by atoms with E-state index >= 15 is 0 Å². The van der Waals surface area contributed by atoms with E-state index in [-0.39, 0.29) is 11.8 Å². The number of likely N-dealkylation sites (tertiary alicyclic amines) is 1. The fourth-order valence-electron chi connectivity index (χ4n) is 5.21. The molecule has 3 aliphatic rings. The molecular weight excluding hydrogens is 539 g/mol. The van der Waals surface area contributed by atoms with Crippen molar-refractivity contribution in [2.75, 3.05) is 32.4 Å². The van der Waals surface area contributed by atoms with Crippen molar-refractivity contribution in [2.45, 2.75) is 25.9 Å². The van der Waals surface area contributed by atoms with E-state index in [1.807, 2.05) is 16.8 Å². The van der Waals surface area contributed by atoms with Gasteiger partial charge in [0.15, 0.2) is 0 Å². The maximum Gasteiger partial charge on any atom is 0.223 e. The van der Waals surface area contributed by atoms with Gasteiger partial charge in [0.1, 0.15) is 17.1 Å². The largest absolute Gasteiger partial charge is 0.437 e. The molecule has 0 bridgehead atoms. The fraction of sp³-hybridized carbons (Fsp3) is 0.522. The summed E-state index contributed by atoms with van der Waals surface area (Å²) in [5.74, 6) is 1.70. The van der Waals surface area contributed by atoms with Gasteiger partial charge in [-0.1, -0.05) is 5.21 Å². The zero-order valence-corrected chi connectivity index (χ0v) is 21.7. The van der Waals surface area contributed by atoms with Crippen molar-refractivity contribution in [1.29, 1.82) is 0 Å². The van der Waals surface area contributed by atoms with E-state index in [4.69, 9.17) is 4.74 Å². The average molecular weight is 565 g/mol. The number of sulfonamides is 1. The monoisotopic (exact) mass is 564 g/mol. The molecule has 0 N–H and O–H groups in total. The Labute approximate surface area is 211 Å². The van der Waals surface area contributed by atoms with Crippen LogP contribution in [-0.4, -0.2) is 70.0 Å².